The molecule has 1 fully saturated rings. The molecule has 6 nitrogen and oxygen atoms in total. The van der Waals surface area contributed by atoms with Crippen LogP contribution in [0.4, 0.5) is 5.95 Å². The van der Waals surface area contributed by atoms with Crippen LogP contribution in [0.3, 0.4) is 0 Å². The monoisotopic (exact) mass is 443 g/mol. The first-order chi connectivity index (χ1) is 16.0. The highest BCUT2D eigenvalue weighted by Gasteiger charge is 2.49. The van der Waals surface area contributed by atoms with E-state index in [0.717, 1.165) is 38.0 Å². The summed E-state index contributed by atoms with van der Waals surface area (Å²) in [6.45, 7) is 2.27. The van der Waals surface area contributed by atoms with E-state index in [1.54, 1.807) is 11.1 Å². The second-order valence-corrected chi connectivity index (χ2v) is 9.10. The largest absolute Gasteiger partial charge is 0.353 e. The minimum Gasteiger partial charge on any atom is -0.353 e. The zero-order valence-corrected chi connectivity index (χ0v) is 19.8. The number of likely N-dealkylation sites (N-methyl/N-ethyl adjacent to an activating group) is 2. The Bertz CT molecular complexity index is 1060. The van der Waals surface area contributed by atoms with Crippen molar-refractivity contribution in [1.29, 1.82) is 0 Å². The van der Waals surface area contributed by atoms with Gasteiger partial charge < -0.3 is 15.1 Å². The molecule has 1 amide bonds. The fraction of sp³-hybridized carbons (Fsp3) is 0.370. The third-order valence-corrected chi connectivity index (χ3v) is 6.32. The molecule has 0 unspecified atom stereocenters. The van der Waals surface area contributed by atoms with Crippen LogP contribution >= 0.6 is 0 Å². The molecule has 2 aromatic carbocycles. The first kappa shape index (κ1) is 22.9. The number of carbonyl (C=O) groups excluding carboxylic acids is 1. The minimum absolute atomic E-state index is 0.0250. The van der Waals surface area contributed by atoms with Crippen LogP contribution in [0.1, 0.15) is 40.0 Å². The quantitative estimate of drug-likeness (QED) is 0.516. The van der Waals surface area contributed by atoms with Gasteiger partial charge in [-0.25, -0.2) is 9.97 Å². The molecule has 33 heavy (non-hydrogen) atoms. The van der Waals surface area contributed by atoms with Gasteiger partial charge in [0.15, 0.2) is 0 Å². The van der Waals surface area contributed by atoms with E-state index in [9.17, 15) is 4.79 Å². The molecule has 1 saturated carbocycles. The Labute approximate surface area is 196 Å². The van der Waals surface area contributed by atoms with E-state index >= 15 is 0 Å². The molecule has 0 spiro atoms. The minimum atomic E-state index is -0.215. The number of nitrogens with one attached hydrogen (secondary N) is 1. The maximum absolute atomic E-state index is 13.5. The number of benzene rings is 2. The number of carbonyl (C=O) groups is 1. The van der Waals surface area contributed by atoms with E-state index in [1.807, 2.05) is 45.4 Å². The molecule has 1 N–H and O–H groups in total. The molecular weight excluding hydrogens is 410 g/mol. The van der Waals surface area contributed by atoms with Gasteiger partial charge in [-0.1, -0.05) is 60.7 Å². The van der Waals surface area contributed by atoms with Crippen molar-refractivity contribution in [2.24, 2.45) is 0 Å². The van der Waals surface area contributed by atoms with Gasteiger partial charge in [0.25, 0.3) is 5.91 Å². The molecular formula is C27H33N5O. The lowest BCUT2D eigenvalue weighted by Crippen LogP contribution is -2.32. The molecule has 0 atom stereocenters. The number of nitrogens with zero attached hydrogens (tertiary/aromatic N) is 4. The molecule has 1 aliphatic carbocycles. The second kappa shape index (κ2) is 10.1. The zero-order chi connectivity index (χ0) is 23.3. The Morgan fingerprint density at radius 2 is 1.64 bits per heavy atom. The van der Waals surface area contributed by atoms with Crippen LogP contribution < -0.4 is 5.32 Å². The molecule has 172 valence electrons. The van der Waals surface area contributed by atoms with Gasteiger partial charge in [0.1, 0.15) is 0 Å². The van der Waals surface area contributed by atoms with E-state index in [-0.39, 0.29) is 11.3 Å². The average Bonchev–Trinajstić information content (AvgIpc) is 3.65. The van der Waals surface area contributed by atoms with Gasteiger partial charge in [-0.3, -0.25) is 4.79 Å². The Hall–Kier alpha value is -3.25. The van der Waals surface area contributed by atoms with Crippen molar-refractivity contribution in [2.45, 2.75) is 24.7 Å². The Balaban J connectivity index is 1.60. The normalized spacial score (nSPS) is 14.2. The third kappa shape index (κ3) is 5.40. The van der Waals surface area contributed by atoms with Crippen molar-refractivity contribution >= 4 is 11.9 Å². The summed E-state index contributed by atoms with van der Waals surface area (Å²) in [4.78, 5) is 26.8. The number of aromatic nitrogens is 2. The van der Waals surface area contributed by atoms with Crippen molar-refractivity contribution in [3.8, 4) is 0 Å². The molecule has 0 saturated heterocycles. The second-order valence-electron chi connectivity index (χ2n) is 9.10. The summed E-state index contributed by atoms with van der Waals surface area (Å²) >= 11 is 0. The maximum atomic E-state index is 13.5. The van der Waals surface area contributed by atoms with Gasteiger partial charge in [-0.2, -0.15) is 0 Å². The van der Waals surface area contributed by atoms with E-state index in [1.165, 1.54) is 11.1 Å². The summed E-state index contributed by atoms with van der Waals surface area (Å²) in [6.07, 6.45) is 4.50. The lowest BCUT2D eigenvalue weighted by atomic mass is 9.89. The van der Waals surface area contributed by atoms with Crippen molar-refractivity contribution in [2.75, 3.05) is 46.1 Å². The maximum Gasteiger partial charge on any atom is 0.257 e. The Morgan fingerprint density at radius 3 is 2.27 bits per heavy atom. The van der Waals surface area contributed by atoms with Crippen LogP contribution in [-0.2, 0) is 11.8 Å². The molecule has 1 aliphatic rings. The van der Waals surface area contributed by atoms with Gasteiger partial charge in [0.05, 0.1) is 11.3 Å². The summed E-state index contributed by atoms with van der Waals surface area (Å²) in [7, 11) is 5.94. The molecule has 0 radical (unpaired) electrons. The third-order valence-electron chi connectivity index (χ3n) is 6.32. The van der Waals surface area contributed by atoms with Crippen LogP contribution in [0.25, 0.3) is 0 Å². The fourth-order valence-electron chi connectivity index (χ4n) is 4.17. The molecule has 3 aromatic rings. The molecule has 4 rings (SSSR count). The van der Waals surface area contributed by atoms with Crippen molar-refractivity contribution in [3.05, 3.63) is 89.2 Å². The SMILES string of the molecule is CN(C)CCNc1ncc(C(=O)N(C)CCc2ccccc2)c(C2(c3ccccc3)CC2)n1. The van der Waals surface area contributed by atoms with Gasteiger partial charge in [0, 0.05) is 38.3 Å². The smallest absolute Gasteiger partial charge is 0.257 e. The lowest BCUT2D eigenvalue weighted by Gasteiger charge is -2.23. The van der Waals surface area contributed by atoms with Crippen LogP contribution in [0, 0.1) is 0 Å². The molecule has 0 bridgehead atoms. The van der Waals surface area contributed by atoms with Crippen molar-refractivity contribution in [3.63, 3.8) is 0 Å². The predicted molar refractivity (Wildman–Crippen MR) is 133 cm³/mol. The molecule has 6 heteroatoms. The van der Waals surface area contributed by atoms with Crippen LogP contribution in [0.2, 0.25) is 0 Å². The van der Waals surface area contributed by atoms with Gasteiger partial charge in [-0.05, 0) is 44.5 Å². The molecule has 1 heterocycles. The fourth-order valence-corrected chi connectivity index (χ4v) is 4.17. The van der Waals surface area contributed by atoms with E-state index in [4.69, 9.17) is 4.98 Å². The number of amides is 1. The lowest BCUT2D eigenvalue weighted by molar-refractivity contribution is 0.0794. The molecule has 0 aliphatic heterocycles. The number of rotatable bonds is 10. The number of anilines is 1. The van der Waals surface area contributed by atoms with E-state index < -0.39 is 0 Å². The van der Waals surface area contributed by atoms with E-state index in [0.29, 0.717) is 18.1 Å². The van der Waals surface area contributed by atoms with Crippen molar-refractivity contribution in [1.82, 2.24) is 19.8 Å². The van der Waals surface area contributed by atoms with Gasteiger partial charge in [0.2, 0.25) is 5.95 Å². The first-order valence-corrected chi connectivity index (χ1v) is 11.6. The number of hydrogen-bond acceptors (Lipinski definition) is 5. The van der Waals surface area contributed by atoms with E-state index in [2.05, 4.69) is 51.6 Å². The summed E-state index contributed by atoms with van der Waals surface area (Å²) in [5, 5.41) is 3.32. The van der Waals surface area contributed by atoms with Crippen LogP contribution in [-0.4, -0.2) is 66.5 Å². The van der Waals surface area contributed by atoms with Gasteiger partial charge in [-0.15, -0.1) is 0 Å². The topological polar surface area (TPSA) is 61.4 Å². The molecule has 1 aromatic heterocycles. The highest BCUT2D eigenvalue weighted by Crippen LogP contribution is 2.53. The average molecular weight is 444 g/mol. The Kier molecular flexibility index (Phi) is 7.04. The standard InChI is InChI=1S/C27H33N5O/c1-31(2)19-17-28-26-29-20-23(25(33)32(3)18-14-21-10-6-4-7-11-21)24(30-26)27(15-16-27)22-12-8-5-9-13-22/h4-13,20H,14-19H2,1-3H3,(H,28,29,30). The summed E-state index contributed by atoms with van der Waals surface area (Å²) < 4.78 is 0. The zero-order valence-electron chi connectivity index (χ0n) is 19.8. The Morgan fingerprint density at radius 1 is 0.970 bits per heavy atom. The predicted octanol–water partition coefficient (Wildman–Crippen LogP) is 3.84. The summed E-state index contributed by atoms with van der Waals surface area (Å²) in [6, 6.07) is 20.7. The van der Waals surface area contributed by atoms with Crippen LogP contribution in [0.5, 0.6) is 0 Å². The van der Waals surface area contributed by atoms with Gasteiger partial charge >= 0.3 is 0 Å². The van der Waals surface area contributed by atoms with Crippen LogP contribution in [0.15, 0.2) is 66.9 Å². The summed E-state index contributed by atoms with van der Waals surface area (Å²) in [5.41, 5.74) is 3.66. The number of hydrogen-bond donors (Lipinski definition) is 1. The van der Waals surface area contributed by atoms with Crippen molar-refractivity contribution < 1.29 is 4.79 Å². The first-order valence-electron chi connectivity index (χ1n) is 11.6. The highest BCUT2D eigenvalue weighted by molar-refractivity contribution is 5.95. The summed E-state index contributed by atoms with van der Waals surface area (Å²) in [5.74, 6) is 0.556. The highest BCUT2D eigenvalue weighted by atomic mass is 16.2.